The van der Waals surface area contributed by atoms with Crippen LogP contribution in [-0.4, -0.2) is 52.1 Å². The molecule has 114 valence electrons. The molecule has 0 aromatic heterocycles. The Hall–Kier alpha value is -1.13. The van der Waals surface area contributed by atoms with Gasteiger partial charge in [-0.15, -0.1) is 0 Å². The highest BCUT2D eigenvalue weighted by atomic mass is 32.2. The molecule has 1 atom stereocenters. The van der Waals surface area contributed by atoms with Gasteiger partial charge in [0.25, 0.3) is 0 Å². The van der Waals surface area contributed by atoms with Crippen LogP contribution in [0.25, 0.3) is 0 Å². The summed E-state index contributed by atoms with van der Waals surface area (Å²) in [6, 6.07) is 5.05. The SMILES string of the molecule is CNCC1CN(S(=O)(=O)c2cccc3c2N=S=N3)CCO1. The fraction of sp³-hybridized carbons (Fsp3) is 0.500. The minimum absolute atomic E-state index is 0.133. The summed E-state index contributed by atoms with van der Waals surface area (Å²) in [4.78, 5) is 0.221. The summed E-state index contributed by atoms with van der Waals surface area (Å²) < 4.78 is 40.9. The van der Waals surface area contributed by atoms with E-state index in [4.69, 9.17) is 4.74 Å². The molecule has 0 bridgehead atoms. The number of hydrogen-bond donors (Lipinski definition) is 1. The topological polar surface area (TPSA) is 83.4 Å². The lowest BCUT2D eigenvalue weighted by Gasteiger charge is -2.32. The minimum atomic E-state index is -3.58. The third-order valence-electron chi connectivity index (χ3n) is 3.40. The zero-order valence-corrected chi connectivity index (χ0v) is 13.2. The smallest absolute Gasteiger partial charge is 0.245 e. The molecule has 9 heteroatoms. The maximum atomic E-state index is 12.8. The first-order valence-corrected chi connectivity index (χ1v) is 8.77. The van der Waals surface area contributed by atoms with Crippen LogP contribution in [0.2, 0.25) is 0 Å². The van der Waals surface area contributed by atoms with E-state index < -0.39 is 10.0 Å². The summed E-state index contributed by atoms with van der Waals surface area (Å²) >= 11 is 1.02. The lowest BCUT2D eigenvalue weighted by molar-refractivity contribution is 0.000833. The summed E-state index contributed by atoms with van der Waals surface area (Å²) in [5, 5.41) is 3.01. The van der Waals surface area contributed by atoms with Crippen LogP contribution in [0.1, 0.15) is 0 Å². The van der Waals surface area contributed by atoms with Crippen LogP contribution >= 0.6 is 0 Å². The first-order chi connectivity index (χ1) is 10.1. The van der Waals surface area contributed by atoms with Gasteiger partial charge < -0.3 is 10.1 Å². The van der Waals surface area contributed by atoms with Gasteiger partial charge in [-0.1, -0.05) is 6.07 Å². The lowest BCUT2D eigenvalue weighted by atomic mass is 10.3. The molecule has 0 amide bonds. The van der Waals surface area contributed by atoms with Crippen LogP contribution in [0.5, 0.6) is 0 Å². The number of ether oxygens (including phenoxy) is 1. The van der Waals surface area contributed by atoms with Crippen LogP contribution in [-0.2, 0) is 26.1 Å². The quantitative estimate of drug-likeness (QED) is 0.908. The van der Waals surface area contributed by atoms with Crippen molar-refractivity contribution >= 4 is 32.8 Å². The number of benzene rings is 1. The maximum absolute atomic E-state index is 12.8. The monoisotopic (exact) mass is 328 g/mol. The Morgan fingerprint density at radius 2 is 2.33 bits per heavy atom. The molecular formula is C12H16N4O3S2. The predicted molar refractivity (Wildman–Crippen MR) is 80.4 cm³/mol. The van der Waals surface area contributed by atoms with Crippen molar-refractivity contribution in [1.29, 1.82) is 0 Å². The predicted octanol–water partition coefficient (Wildman–Crippen LogP) is 1.02. The largest absolute Gasteiger partial charge is 0.374 e. The number of sulfonamides is 1. The summed E-state index contributed by atoms with van der Waals surface area (Å²) in [7, 11) is -1.76. The number of fused-ring (bicyclic) bond motifs is 1. The molecule has 1 aromatic carbocycles. The highest BCUT2D eigenvalue weighted by Crippen LogP contribution is 2.38. The van der Waals surface area contributed by atoms with Crippen molar-refractivity contribution in [3.8, 4) is 0 Å². The van der Waals surface area contributed by atoms with Gasteiger partial charge in [-0.25, -0.2) is 8.42 Å². The molecular weight excluding hydrogens is 312 g/mol. The molecule has 0 spiro atoms. The molecule has 21 heavy (non-hydrogen) atoms. The Morgan fingerprint density at radius 3 is 3.14 bits per heavy atom. The molecule has 1 unspecified atom stereocenters. The van der Waals surface area contributed by atoms with Gasteiger partial charge in [0.1, 0.15) is 16.3 Å². The van der Waals surface area contributed by atoms with E-state index in [9.17, 15) is 8.42 Å². The number of likely N-dealkylation sites (N-methyl/N-ethyl adjacent to an activating group) is 1. The van der Waals surface area contributed by atoms with E-state index in [1.807, 2.05) is 7.05 Å². The Morgan fingerprint density at radius 1 is 1.48 bits per heavy atom. The van der Waals surface area contributed by atoms with Gasteiger partial charge in [0, 0.05) is 19.6 Å². The summed E-state index contributed by atoms with van der Waals surface area (Å²) in [5.41, 5.74) is 1.06. The molecule has 2 heterocycles. The van der Waals surface area contributed by atoms with E-state index in [1.165, 1.54) is 4.31 Å². The van der Waals surface area contributed by atoms with E-state index in [1.54, 1.807) is 18.2 Å². The van der Waals surface area contributed by atoms with Crippen LogP contribution in [0.4, 0.5) is 11.4 Å². The fourth-order valence-corrected chi connectivity index (χ4v) is 4.60. The lowest BCUT2D eigenvalue weighted by Crippen LogP contribution is -2.48. The van der Waals surface area contributed by atoms with Gasteiger partial charge in [-0.3, -0.25) is 0 Å². The number of nitrogens with one attached hydrogen (secondary N) is 1. The van der Waals surface area contributed by atoms with Gasteiger partial charge in [-0.05, 0) is 19.2 Å². The van der Waals surface area contributed by atoms with E-state index in [2.05, 4.69) is 14.0 Å². The van der Waals surface area contributed by atoms with Gasteiger partial charge >= 0.3 is 0 Å². The average Bonchev–Trinajstić information content (AvgIpc) is 2.96. The Kier molecular flexibility index (Phi) is 4.18. The molecule has 0 aliphatic carbocycles. The van der Waals surface area contributed by atoms with E-state index in [-0.39, 0.29) is 11.0 Å². The first kappa shape index (κ1) is 14.8. The Balaban J connectivity index is 1.91. The Labute approximate surface area is 127 Å². The van der Waals surface area contributed by atoms with Crippen LogP contribution in [0.3, 0.4) is 0 Å². The van der Waals surface area contributed by atoms with E-state index >= 15 is 0 Å². The zero-order chi connectivity index (χ0) is 14.9. The van der Waals surface area contributed by atoms with Crippen molar-refractivity contribution in [2.24, 2.45) is 8.73 Å². The minimum Gasteiger partial charge on any atom is -0.374 e. The standard InChI is InChI=1S/C12H16N4O3S2/c1-13-7-9-8-16(5-6-19-9)21(17,18)11-4-2-3-10-12(11)15-20-14-10/h2-4,9,13H,5-8H2,1H3. The number of morpholine rings is 1. The van der Waals surface area contributed by atoms with E-state index in [0.29, 0.717) is 37.6 Å². The Bertz CT molecular complexity index is 711. The molecule has 3 rings (SSSR count). The summed E-state index contributed by atoms with van der Waals surface area (Å²) in [6.07, 6.45) is -0.133. The molecule has 1 N–H and O–H groups in total. The number of nitrogens with zero attached hydrogens (tertiary/aromatic N) is 3. The molecule has 1 aromatic rings. The average molecular weight is 328 g/mol. The molecule has 7 nitrogen and oxygen atoms in total. The third-order valence-corrected chi connectivity index (χ3v) is 5.84. The van der Waals surface area contributed by atoms with Crippen LogP contribution < -0.4 is 5.32 Å². The van der Waals surface area contributed by atoms with Gasteiger partial charge in [-0.2, -0.15) is 13.0 Å². The maximum Gasteiger partial charge on any atom is 0.245 e. The molecule has 0 saturated carbocycles. The van der Waals surface area contributed by atoms with Crippen molar-refractivity contribution in [2.45, 2.75) is 11.0 Å². The highest BCUT2D eigenvalue weighted by Gasteiger charge is 2.33. The second kappa shape index (κ2) is 5.93. The molecule has 2 aliphatic rings. The molecule has 0 radical (unpaired) electrons. The molecule has 1 saturated heterocycles. The first-order valence-electron chi connectivity index (χ1n) is 6.60. The van der Waals surface area contributed by atoms with Crippen molar-refractivity contribution in [2.75, 3.05) is 33.3 Å². The summed E-state index contributed by atoms with van der Waals surface area (Å²) in [6.45, 7) is 1.72. The van der Waals surface area contributed by atoms with Crippen LogP contribution in [0, 0.1) is 0 Å². The van der Waals surface area contributed by atoms with Crippen molar-refractivity contribution in [3.05, 3.63) is 18.2 Å². The van der Waals surface area contributed by atoms with Crippen molar-refractivity contribution in [3.63, 3.8) is 0 Å². The van der Waals surface area contributed by atoms with Gasteiger partial charge in [0.15, 0.2) is 0 Å². The van der Waals surface area contributed by atoms with Crippen molar-refractivity contribution < 1.29 is 13.2 Å². The van der Waals surface area contributed by atoms with Crippen LogP contribution in [0.15, 0.2) is 31.8 Å². The second-order valence-electron chi connectivity index (χ2n) is 4.80. The van der Waals surface area contributed by atoms with Gasteiger partial charge in [0.2, 0.25) is 10.0 Å². The van der Waals surface area contributed by atoms with Crippen molar-refractivity contribution in [1.82, 2.24) is 9.62 Å². The van der Waals surface area contributed by atoms with Gasteiger partial charge in [0.05, 0.1) is 24.1 Å². The second-order valence-corrected chi connectivity index (χ2v) is 7.24. The normalized spacial score (nSPS) is 22.0. The number of hydrogen-bond acceptors (Lipinski definition) is 6. The van der Waals surface area contributed by atoms with E-state index in [0.717, 1.165) is 11.4 Å². The molecule has 2 aliphatic heterocycles. The highest BCUT2D eigenvalue weighted by molar-refractivity contribution is 7.89. The third kappa shape index (κ3) is 2.79. The molecule has 1 fully saturated rings. The zero-order valence-electron chi connectivity index (χ0n) is 11.5. The number of rotatable bonds is 4. The summed E-state index contributed by atoms with van der Waals surface area (Å²) in [5.74, 6) is 0. The fourth-order valence-electron chi connectivity index (χ4n) is 2.39.